The summed E-state index contributed by atoms with van der Waals surface area (Å²) in [4.78, 5) is 12.0. The fourth-order valence-corrected chi connectivity index (χ4v) is 3.94. The number of hydrogen-bond donors (Lipinski definition) is 0. The summed E-state index contributed by atoms with van der Waals surface area (Å²) in [6, 6.07) is 10.1. The number of esters is 1. The average molecular weight is 405 g/mol. The van der Waals surface area contributed by atoms with E-state index in [4.69, 9.17) is 13.9 Å². The normalized spacial score (nSPS) is 19.1. The van der Waals surface area contributed by atoms with Crippen LogP contribution in [0.15, 0.2) is 42.0 Å². The Morgan fingerprint density at radius 3 is 2.54 bits per heavy atom. The van der Waals surface area contributed by atoms with E-state index in [2.05, 4.69) is 52.9 Å². The zero-order valence-electron chi connectivity index (χ0n) is 18.3. The number of carbonyl (C=O) groups excluding carboxylic acids is 1. The first-order chi connectivity index (χ1) is 13.1. The first-order valence-corrected chi connectivity index (χ1v) is 13.1. The highest BCUT2D eigenvalue weighted by Gasteiger charge is 2.38. The Morgan fingerprint density at radius 2 is 1.89 bits per heavy atom. The second-order valence-electron chi connectivity index (χ2n) is 9.32. The van der Waals surface area contributed by atoms with Crippen molar-refractivity contribution in [1.29, 1.82) is 0 Å². The van der Waals surface area contributed by atoms with Crippen molar-refractivity contribution in [2.45, 2.75) is 71.4 Å². The van der Waals surface area contributed by atoms with Crippen LogP contribution < -0.4 is 0 Å². The summed E-state index contributed by atoms with van der Waals surface area (Å²) in [6.07, 6.45) is 3.03. The zero-order chi connectivity index (χ0) is 20.8. The van der Waals surface area contributed by atoms with Crippen molar-refractivity contribution in [2.24, 2.45) is 5.92 Å². The molecule has 2 atom stereocenters. The van der Waals surface area contributed by atoms with Crippen LogP contribution in [0.5, 0.6) is 0 Å². The van der Waals surface area contributed by atoms with Crippen LogP contribution in [0.3, 0.4) is 0 Å². The summed E-state index contributed by atoms with van der Waals surface area (Å²) in [7, 11) is -1.80. The largest absolute Gasteiger partial charge is 0.459 e. The number of ether oxygens (including phenoxy) is 2. The van der Waals surface area contributed by atoms with Crippen LogP contribution in [-0.4, -0.2) is 33.6 Å². The molecule has 0 amide bonds. The van der Waals surface area contributed by atoms with Crippen LogP contribution in [0, 0.1) is 5.92 Å². The molecule has 1 aromatic rings. The fraction of sp³-hybridized carbons (Fsp3) is 0.609. The van der Waals surface area contributed by atoms with E-state index < -0.39 is 8.32 Å². The number of hydrogen-bond acceptors (Lipinski definition) is 4. The van der Waals surface area contributed by atoms with Gasteiger partial charge in [0.15, 0.2) is 8.32 Å². The minimum atomic E-state index is -1.80. The maximum absolute atomic E-state index is 12.0. The number of cyclic esters (lactones) is 1. The van der Waals surface area contributed by atoms with E-state index in [0.717, 1.165) is 24.0 Å². The Labute approximate surface area is 171 Å². The lowest BCUT2D eigenvalue weighted by molar-refractivity contribution is -0.147. The zero-order valence-corrected chi connectivity index (χ0v) is 19.3. The maximum Gasteiger partial charge on any atom is 0.330 e. The van der Waals surface area contributed by atoms with Crippen LogP contribution in [0.2, 0.25) is 18.1 Å². The van der Waals surface area contributed by atoms with E-state index in [-0.39, 0.29) is 23.0 Å². The van der Waals surface area contributed by atoms with Crippen molar-refractivity contribution < 1.29 is 18.7 Å². The molecule has 2 rings (SSSR count). The Morgan fingerprint density at radius 1 is 1.21 bits per heavy atom. The summed E-state index contributed by atoms with van der Waals surface area (Å²) >= 11 is 0. The standard InChI is InChI=1S/C23H36O4Si/c1-18(16-26-28(5,6)23(2,3)4)21-14-20(15-22(24)27-21)12-13-25-17-19-10-8-7-9-11-19/h7-11,15,18,21H,12-14,16-17H2,1-6H3/t18-,21-/m1/s1. The predicted octanol–water partition coefficient (Wildman–Crippen LogP) is 5.49. The van der Waals surface area contributed by atoms with E-state index in [0.29, 0.717) is 19.8 Å². The molecule has 0 bridgehead atoms. The van der Waals surface area contributed by atoms with Crippen LogP contribution in [0.25, 0.3) is 0 Å². The van der Waals surface area contributed by atoms with Gasteiger partial charge in [-0.1, -0.05) is 63.6 Å². The van der Waals surface area contributed by atoms with E-state index in [1.807, 2.05) is 18.2 Å². The molecule has 28 heavy (non-hydrogen) atoms. The smallest absolute Gasteiger partial charge is 0.330 e. The molecule has 1 aromatic carbocycles. The molecular formula is C23H36O4Si. The third-order valence-corrected chi connectivity index (χ3v) is 10.4. The van der Waals surface area contributed by atoms with Crippen molar-refractivity contribution in [3.05, 3.63) is 47.5 Å². The number of rotatable bonds is 9. The molecule has 156 valence electrons. The van der Waals surface area contributed by atoms with E-state index >= 15 is 0 Å². The van der Waals surface area contributed by atoms with E-state index in [9.17, 15) is 4.79 Å². The fourth-order valence-electron chi connectivity index (χ4n) is 2.83. The summed E-state index contributed by atoms with van der Waals surface area (Å²) in [6.45, 7) is 15.2. The minimum Gasteiger partial charge on any atom is -0.459 e. The summed E-state index contributed by atoms with van der Waals surface area (Å²) in [5, 5.41) is 0.178. The quantitative estimate of drug-likeness (QED) is 0.310. The molecule has 0 saturated carbocycles. The van der Waals surface area contributed by atoms with Crippen LogP contribution in [0.1, 0.15) is 46.1 Å². The average Bonchev–Trinajstić information content (AvgIpc) is 2.63. The van der Waals surface area contributed by atoms with Gasteiger partial charge >= 0.3 is 5.97 Å². The summed E-state index contributed by atoms with van der Waals surface area (Å²) in [5.74, 6) is -0.0690. The lowest BCUT2D eigenvalue weighted by Gasteiger charge is -2.38. The molecule has 1 aliphatic heterocycles. The van der Waals surface area contributed by atoms with Gasteiger partial charge in [-0.05, 0) is 30.1 Å². The topological polar surface area (TPSA) is 44.8 Å². The molecular weight excluding hydrogens is 368 g/mol. The molecule has 5 heteroatoms. The molecule has 0 aromatic heterocycles. The highest BCUT2D eigenvalue weighted by Crippen LogP contribution is 2.37. The molecule has 1 aliphatic rings. The lowest BCUT2D eigenvalue weighted by atomic mass is 9.94. The lowest BCUT2D eigenvalue weighted by Crippen LogP contribution is -2.43. The Kier molecular flexibility index (Phi) is 8.04. The van der Waals surface area contributed by atoms with Crippen molar-refractivity contribution in [1.82, 2.24) is 0 Å². The van der Waals surface area contributed by atoms with Gasteiger partial charge in [0, 0.05) is 25.0 Å². The molecule has 0 fully saturated rings. The third kappa shape index (κ3) is 6.87. The molecule has 1 heterocycles. The molecule has 0 aliphatic carbocycles. The molecule has 4 nitrogen and oxygen atoms in total. The van der Waals surface area contributed by atoms with Gasteiger partial charge < -0.3 is 13.9 Å². The molecule has 0 unspecified atom stereocenters. The van der Waals surface area contributed by atoms with E-state index in [1.54, 1.807) is 6.08 Å². The van der Waals surface area contributed by atoms with Crippen molar-refractivity contribution in [2.75, 3.05) is 13.2 Å². The van der Waals surface area contributed by atoms with Crippen LogP contribution in [0.4, 0.5) is 0 Å². The van der Waals surface area contributed by atoms with Crippen molar-refractivity contribution in [3.63, 3.8) is 0 Å². The first-order valence-electron chi connectivity index (χ1n) is 10.2. The first kappa shape index (κ1) is 22.9. The van der Waals surface area contributed by atoms with Gasteiger partial charge in [0.1, 0.15) is 6.10 Å². The third-order valence-electron chi connectivity index (χ3n) is 5.88. The van der Waals surface area contributed by atoms with Gasteiger partial charge in [-0.2, -0.15) is 0 Å². The van der Waals surface area contributed by atoms with E-state index in [1.165, 1.54) is 0 Å². The second kappa shape index (κ2) is 9.86. The van der Waals surface area contributed by atoms with Gasteiger partial charge in [-0.15, -0.1) is 0 Å². The SMILES string of the molecule is C[C@H](CO[Si](C)(C)C(C)(C)C)[C@H]1CC(CCOCc2ccccc2)=CC(=O)O1. The highest BCUT2D eigenvalue weighted by molar-refractivity contribution is 6.74. The summed E-state index contributed by atoms with van der Waals surface area (Å²) in [5.41, 5.74) is 2.27. The maximum atomic E-state index is 12.0. The van der Waals surface area contributed by atoms with Gasteiger partial charge in [0.2, 0.25) is 0 Å². The second-order valence-corrected chi connectivity index (χ2v) is 14.1. The molecule has 0 radical (unpaired) electrons. The van der Waals surface area contributed by atoms with Crippen molar-refractivity contribution in [3.8, 4) is 0 Å². The van der Waals surface area contributed by atoms with Crippen LogP contribution in [-0.2, 0) is 25.3 Å². The van der Waals surface area contributed by atoms with Gasteiger partial charge in [0.25, 0.3) is 0 Å². The van der Waals surface area contributed by atoms with Crippen LogP contribution >= 0.6 is 0 Å². The Balaban J connectivity index is 1.79. The minimum absolute atomic E-state index is 0.119. The number of carbonyl (C=O) groups is 1. The monoisotopic (exact) mass is 404 g/mol. The summed E-state index contributed by atoms with van der Waals surface area (Å²) < 4.78 is 17.7. The Hall–Kier alpha value is -1.43. The van der Waals surface area contributed by atoms with Gasteiger partial charge in [-0.3, -0.25) is 0 Å². The van der Waals surface area contributed by atoms with Crippen molar-refractivity contribution >= 4 is 14.3 Å². The molecule has 0 N–H and O–H groups in total. The Bertz CT molecular complexity index is 661. The number of benzene rings is 1. The highest BCUT2D eigenvalue weighted by atomic mass is 28.4. The molecule has 0 spiro atoms. The predicted molar refractivity (Wildman–Crippen MR) is 116 cm³/mol. The van der Waals surface area contributed by atoms with Gasteiger partial charge in [-0.25, -0.2) is 4.79 Å². The molecule has 0 saturated heterocycles. The van der Waals surface area contributed by atoms with Gasteiger partial charge in [0.05, 0.1) is 13.2 Å².